The Balaban J connectivity index is 1.56. The van der Waals surface area contributed by atoms with Crippen molar-refractivity contribution in [3.8, 4) is 0 Å². The summed E-state index contributed by atoms with van der Waals surface area (Å²) in [4.78, 5) is 28.7. The molecular formula is C19H15N3O4. The van der Waals surface area contributed by atoms with E-state index < -0.39 is 11.9 Å². The van der Waals surface area contributed by atoms with Gasteiger partial charge in [0.2, 0.25) is 0 Å². The number of carbonyl (C=O) groups is 2. The summed E-state index contributed by atoms with van der Waals surface area (Å²) < 4.78 is 4.94. The molecule has 1 N–H and O–H groups in total. The van der Waals surface area contributed by atoms with E-state index in [2.05, 4.69) is 15.7 Å². The maximum absolute atomic E-state index is 12.0. The molecule has 3 rings (SSSR count). The second kappa shape index (κ2) is 7.89. The second-order valence-corrected chi connectivity index (χ2v) is 5.39. The van der Waals surface area contributed by atoms with Crippen molar-refractivity contribution in [1.29, 1.82) is 0 Å². The fourth-order valence-corrected chi connectivity index (χ4v) is 2.09. The quantitative estimate of drug-likeness (QED) is 0.532. The number of hydrogen-bond acceptors (Lipinski definition) is 6. The average Bonchev–Trinajstić information content (AvgIpc) is 3.20. The molecule has 0 spiro atoms. The SMILES string of the molecule is Cc1cccc(C(=O)ONc2ccc(N=NC(=O)c3ccco3)cc2)c1. The maximum atomic E-state index is 12.0. The van der Waals surface area contributed by atoms with Crippen LogP contribution in [0.4, 0.5) is 11.4 Å². The average molecular weight is 349 g/mol. The predicted molar refractivity (Wildman–Crippen MR) is 94.2 cm³/mol. The highest BCUT2D eigenvalue weighted by Crippen LogP contribution is 2.18. The summed E-state index contributed by atoms with van der Waals surface area (Å²) in [6.07, 6.45) is 1.39. The van der Waals surface area contributed by atoms with E-state index >= 15 is 0 Å². The van der Waals surface area contributed by atoms with E-state index in [-0.39, 0.29) is 5.76 Å². The summed E-state index contributed by atoms with van der Waals surface area (Å²) in [5, 5.41) is 7.41. The number of azo groups is 1. The van der Waals surface area contributed by atoms with Crippen LogP contribution in [0.15, 0.2) is 81.6 Å². The van der Waals surface area contributed by atoms with Crippen molar-refractivity contribution in [3.63, 3.8) is 0 Å². The van der Waals surface area contributed by atoms with Crippen LogP contribution in [0, 0.1) is 6.92 Å². The number of carbonyl (C=O) groups excluding carboxylic acids is 2. The lowest BCUT2D eigenvalue weighted by molar-refractivity contribution is 0.0596. The highest BCUT2D eigenvalue weighted by atomic mass is 16.7. The lowest BCUT2D eigenvalue weighted by Gasteiger charge is -2.07. The first-order chi connectivity index (χ1) is 12.6. The Hall–Kier alpha value is -3.74. The molecule has 130 valence electrons. The van der Waals surface area contributed by atoms with Gasteiger partial charge in [-0.3, -0.25) is 4.79 Å². The Morgan fingerprint density at radius 2 is 1.85 bits per heavy atom. The molecule has 0 aliphatic rings. The molecule has 26 heavy (non-hydrogen) atoms. The highest BCUT2D eigenvalue weighted by Gasteiger charge is 2.08. The van der Waals surface area contributed by atoms with E-state index in [9.17, 15) is 9.59 Å². The molecule has 0 unspecified atom stereocenters. The molecule has 0 radical (unpaired) electrons. The molecule has 0 bridgehead atoms. The summed E-state index contributed by atoms with van der Waals surface area (Å²) >= 11 is 0. The van der Waals surface area contributed by atoms with Crippen LogP contribution in [0.25, 0.3) is 0 Å². The molecule has 3 aromatic rings. The minimum atomic E-state index is -0.565. The van der Waals surface area contributed by atoms with Gasteiger partial charge in [0.05, 0.1) is 23.2 Å². The van der Waals surface area contributed by atoms with Gasteiger partial charge in [-0.1, -0.05) is 17.7 Å². The van der Waals surface area contributed by atoms with Crippen LogP contribution in [0.5, 0.6) is 0 Å². The molecular weight excluding hydrogens is 334 g/mol. The highest BCUT2D eigenvalue weighted by molar-refractivity contribution is 5.92. The molecule has 7 heteroatoms. The Morgan fingerprint density at radius 1 is 1.04 bits per heavy atom. The van der Waals surface area contributed by atoms with Crippen molar-refractivity contribution < 1.29 is 18.8 Å². The number of benzene rings is 2. The van der Waals surface area contributed by atoms with Crippen LogP contribution in [0.1, 0.15) is 26.5 Å². The molecule has 0 fully saturated rings. The summed E-state index contributed by atoms with van der Waals surface area (Å²) in [6.45, 7) is 1.90. The molecule has 1 aromatic heterocycles. The lowest BCUT2D eigenvalue weighted by Crippen LogP contribution is -2.10. The summed E-state index contributed by atoms with van der Waals surface area (Å²) in [7, 11) is 0. The molecule has 0 aliphatic heterocycles. The van der Waals surface area contributed by atoms with Crippen LogP contribution in [0.2, 0.25) is 0 Å². The van der Waals surface area contributed by atoms with E-state index in [4.69, 9.17) is 9.25 Å². The Labute approximate surface area is 149 Å². The minimum absolute atomic E-state index is 0.120. The van der Waals surface area contributed by atoms with E-state index in [1.165, 1.54) is 12.3 Å². The van der Waals surface area contributed by atoms with E-state index in [0.717, 1.165) is 5.56 Å². The van der Waals surface area contributed by atoms with Gasteiger partial charge >= 0.3 is 11.9 Å². The van der Waals surface area contributed by atoms with Gasteiger partial charge in [-0.05, 0) is 55.5 Å². The summed E-state index contributed by atoms with van der Waals surface area (Å²) in [5.74, 6) is -0.930. The zero-order valence-corrected chi connectivity index (χ0v) is 13.9. The van der Waals surface area contributed by atoms with E-state index in [1.807, 2.05) is 13.0 Å². The van der Waals surface area contributed by atoms with Gasteiger partial charge in [0, 0.05) is 0 Å². The van der Waals surface area contributed by atoms with Gasteiger partial charge in [0.1, 0.15) is 0 Å². The van der Waals surface area contributed by atoms with Gasteiger partial charge in [-0.25, -0.2) is 10.3 Å². The van der Waals surface area contributed by atoms with Crippen molar-refractivity contribution >= 4 is 23.3 Å². The van der Waals surface area contributed by atoms with Crippen LogP contribution in [-0.4, -0.2) is 11.9 Å². The van der Waals surface area contributed by atoms with Crippen molar-refractivity contribution in [2.45, 2.75) is 6.92 Å². The molecule has 1 amide bonds. The fraction of sp³-hybridized carbons (Fsp3) is 0.0526. The normalized spacial score (nSPS) is 10.7. The molecule has 7 nitrogen and oxygen atoms in total. The topological polar surface area (TPSA) is 93.3 Å². The number of anilines is 1. The van der Waals surface area contributed by atoms with Gasteiger partial charge in [-0.15, -0.1) is 10.2 Å². The first-order valence-corrected chi connectivity index (χ1v) is 7.75. The number of furan rings is 1. The van der Waals surface area contributed by atoms with Crippen molar-refractivity contribution in [3.05, 3.63) is 83.8 Å². The smallest absolute Gasteiger partial charge is 0.362 e. The number of rotatable bonds is 5. The minimum Gasteiger partial charge on any atom is -0.459 e. The third-order valence-corrected chi connectivity index (χ3v) is 3.37. The number of amides is 1. The van der Waals surface area contributed by atoms with Crippen LogP contribution in [0.3, 0.4) is 0 Å². The monoisotopic (exact) mass is 349 g/mol. The number of aryl methyl sites for hydroxylation is 1. The third-order valence-electron chi connectivity index (χ3n) is 3.37. The number of hydrogen-bond donors (Lipinski definition) is 1. The van der Waals surface area contributed by atoms with E-state index in [0.29, 0.717) is 16.9 Å². The molecule has 1 heterocycles. The van der Waals surface area contributed by atoms with Crippen LogP contribution in [-0.2, 0) is 4.84 Å². The zero-order valence-electron chi connectivity index (χ0n) is 13.9. The molecule has 0 aliphatic carbocycles. The lowest BCUT2D eigenvalue weighted by atomic mass is 10.1. The Morgan fingerprint density at radius 3 is 2.54 bits per heavy atom. The molecule has 0 saturated carbocycles. The first kappa shape index (κ1) is 17.1. The van der Waals surface area contributed by atoms with Gasteiger partial charge in [-0.2, -0.15) is 0 Å². The number of nitrogens with zero attached hydrogens (tertiary/aromatic N) is 2. The summed E-state index contributed by atoms with van der Waals surface area (Å²) in [6, 6.07) is 16.8. The Kier molecular flexibility index (Phi) is 5.19. The van der Waals surface area contributed by atoms with Crippen molar-refractivity contribution in [1.82, 2.24) is 0 Å². The molecule has 0 atom stereocenters. The second-order valence-electron chi connectivity index (χ2n) is 5.39. The zero-order chi connectivity index (χ0) is 18.4. The first-order valence-electron chi connectivity index (χ1n) is 7.75. The summed E-state index contributed by atoms with van der Waals surface area (Å²) in [5.41, 5.74) is 5.03. The van der Waals surface area contributed by atoms with Gasteiger partial charge in [0.25, 0.3) is 0 Å². The predicted octanol–water partition coefficient (Wildman–Crippen LogP) is 4.70. The largest absolute Gasteiger partial charge is 0.459 e. The van der Waals surface area contributed by atoms with E-state index in [1.54, 1.807) is 48.5 Å². The maximum Gasteiger partial charge on any atom is 0.362 e. The third kappa shape index (κ3) is 4.41. The van der Waals surface area contributed by atoms with Crippen LogP contribution >= 0.6 is 0 Å². The Bertz CT molecular complexity index is 932. The van der Waals surface area contributed by atoms with Gasteiger partial charge < -0.3 is 9.25 Å². The van der Waals surface area contributed by atoms with Crippen molar-refractivity contribution in [2.75, 3.05) is 5.48 Å². The molecule has 2 aromatic carbocycles. The molecule has 0 saturated heterocycles. The van der Waals surface area contributed by atoms with Crippen LogP contribution < -0.4 is 5.48 Å². The fourth-order valence-electron chi connectivity index (χ4n) is 2.09. The van der Waals surface area contributed by atoms with Gasteiger partial charge in [0.15, 0.2) is 5.76 Å². The number of nitrogens with one attached hydrogen (secondary N) is 1. The van der Waals surface area contributed by atoms with Crippen molar-refractivity contribution in [2.24, 2.45) is 10.2 Å². The standard InChI is InChI=1S/C19H15N3O4/c1-13-4-2-5-14(12-13)19(24)26-22-16-9-7-15(8-10-16)20-21-18(23)17-6-3-11-25-17/h2-12,22H,1H3.